The number of hydrogen-bond donors (Lipinski definition) is 3. The lowest BCUT2D eigenvalue weighted by atomic mass is 10.1. The average Bonchev–Trinajstić information content (AvgIpc) is 2.96. The van der Waals surface area contributed by atoms with E-state index in [1.807, 2.05) is 12.3 Å². The normalized spacial score (nSPS) is 22.2. The third-order valence-electron chi connectivity index (χ3n) is 3.18. The first-order valence-corrected chi connectivity index (χ1v) is 7.10. The molecule has 1 saturated carbocycles. The lowest BCUT2D eigenvalue weighted by Crippen LogP contribution is -2.40. The third kappa shape index (κ3) is 3.92. The van der Waals surface area contributed by atoms with Crippen LogP contribution in [0, 0.1) is 12.8 Å². The Morgan fingerprint density at radius 2 is 2.32 bits per heavy atom. The molecule has 0 spiro atoms. The first-order chi connectivity index (χ1) is 9.04. The molecule has 1 aliphatic carbocycles. The Morgan fingerprint density at radius 3 is 2.89 bits per heavy atom. The molecule has 0 aromatic carbocycles. The van der Waals surface area contributed by atoms with E-state index >= 15 is 0 Å². The summed E-state index contributed by atoms with van der Waals surface area (Å²) in [6.45, 7) is 2.31. The zero-order valence-corrected chi connectivity index (χ0v) is 11.5. The van der Waals surface area contributed by atoms with E-state index in [-0.39, 0.29) is 18.0 Å². The second-order valence-electron chi connectivity index (χ2n) is 4.75. The average molecular weight is 283 g/mol. The fraction of sp³-hybridized carbons (Fsp3) is 0.583. The van der Waals surface area contributed by atoms with Gasteiger partial charge in [0.05, 0.1) is 12.5 Å². The number of hydrogen-bond acceptors (Lipinski definition) is 4. The van der Waals surface area contributed by atoms with Crippen LogP contribution in [0.25, 0.3) is 0 Å². The number of amides is 2. The van der Waals surface area contributed by atoms with Gasteiger partial charge in [0.25, 0.3) is 0 Å². The van der Waals surface area contributed by atoms with Crippen LogP contribution in [-0.4, -0.2) is 28.1 Å². The van der Waals surface area contributed by atoms with E-state index in [0.717, 1.165) is 17.1 Å². The molecular weight excluding hydrogens is 266 g/mol. The number of nitrogens with zero attached hydrogens (tertiary/aromatic N) is 1. The number of nitrogens with one attached hydrogen (secondary N) is 2. The Hall–Kier alpha value is -1.63. The highest BCUT2D eigenvalue weighted by Gasteiger charge is 2.30. The van der Waals surface area contributed by atoms with Gasteiger partial charge in [-0.3, -0.25) is 4.79 Å². The summed E-state index contributed by atoms with van der Waals surface area (Å²) in [4.78, 5) is 26.7. The highest BCUT2D eigenvalue weighted by atomic mass is 32.1. The summed E-state index contributed by atoms with van der Waals surface area (Å²) >= 11 is 1.51. The first kappa shape index (κ1) is 13.8. The van der Waals surface area contributed by atoms with E-state index in [1.54, 1.807) is 0 Å². The van der Waals surface area contributed by atoms with Crippen LogP contribution < -0.4 is 10.6 Å². The summed E-state index contributed by atoms with van der Waals surface area (Å²) in [5, 5.41) is 17.2. The Balaban J connectivity index is 1.72. The molecule has 0 saturated heterocycles. The van der Waals surface area contributed by atoms with Crippen LogP contribution in [-0.2, 0) is 11.3 Å². The molecule has 3 N–H and O–H groups in total. The second kappa shape index (κ2) is 6.01. The minimum atomic E-state index is -0.775. The van der Waals surface area contributed by atoms with Crippen molar-refractivity contribution in [1.29, 1.82) is 0 Å². The van der Waals surface area contributed by atoms with Crippen molar-refractivity contribution in [2.75, 3.05) is 0 Å². The van der Waals surface area contributed by atoms with Gasteiger partial charge in [0.2, 0.25) is 0 Å². The van der Waals surface area contributed by atoms with Gasteiger partial charge < -0.3 is 15.7 Å². The summed E-state index contributed by atoms with van der Waals surface area (Å²) in [7, 11) is 0. The number of carboxylic acids is 1. The van der Waals surface area contributed by atoms with Crippen molar-refractivity contribution < 1.29 is 14.7 Å². The summed E-state index contributed by atoms with van der Waals surface area (Å²) in [6.07, 6.45) is 1.87. The van der Waals surface area contributed by atoms with Crippen molar-refractivity contribution in [3.63, 3.8) is 0 Å². The highest BCUT2D eigenvalue weighted by Crippen LogP contribution is 2.25. The van der Waals surface area contributed by atoms with Crippen molar-refractivity contribution in [2.45, 2.75) is 38.8 Å². The van der Waals surface area contributed by atoms with Gasteiger partial charge in [-0.25, -0.2) is 9.78 Å². The van der Waals surface area contributed by atoms with E-state index in [9.17, 15) is 9.59 Å². The van der Waals surface area contributed by atoms with E-state index < -0.39 is 5.97 Å². The second-order valence-corrected chi connectivity index (χ2v) is 5.70. The topological polar surface area (TPSA) is 91.3 Å². The molecule has 7 heteroatoms. The lowest BCUT2D eigenvalue weighted by Gasteiger charge is -2.12. The summed E-state index contributed by atoms with van der Waals surface area (Å²) in [6, 6.07) is -0.303. The zero-order valence-electron chi connectivity index (χ0n) is 10.7. The molecule has 2 atom stereocenters. The molecule has 1 aliphatic rings. The summed E-state index contributed by atoms with van der Waals surface area (Å²) < 4.78 is 0. The first-order valence-electron chi connectivity index (χ1n) is 6.23. The highest BCUT2D eigenvalue weighted by molar-refractivity contribution is 7.09. The maximum absolute atomic E-state index is 11.7. The molecule has 0 aliphatic heterocycles. The molecule has 1 aromatic heterocycles. The van der Waals surface area contributed by atoms with Gasteiger partial charge in [0, 0.05) is 17.1 Å². The number of urea groups is 1. The van der Waals surface area contributed by atoms with Gasteiger partial charge in [0.15, 0.2) is 0 Å². The van der Waals surface area contributed by atoms with Gasteiger partial charge in [-0.05, 0) is 26.2 Å². The fourth-order valence-corrected chi connectivity index (χ4v) is 2.92. The van der Waals surface area contributed by atoms with Crippen LogP contribution >= 0.6 is 11.3 Å². The van der Waals surface area contributed by atoms with Crippen molar-refractivity contribution in [1.82, 2.24) is 15.6 Å². The van der Waals surface area contributed by atoms with E-state index in [4.69, 9.17) is 5.11 Å². The van der Waals surface area contributed by atoms with Gasteiger partial charge in [-0.15, -0.1) is 11.3 Å². The van der Waals surface area contributed by atoms with Crippen molar-refractivity contribution in [3.8, 4) is 0 Å². The number of aliphatic carboxylic acids is 1. The van der Waals surface area contributed by atoms with Gasteiger partial charge in [0.1, 0.15) is 5.01 Å². The Bertz CT molecular complexity index is 475. The number of carbonyl (C=O) groups is 2. The number of aromatic nitrogens is 1. The number of carboxylic acid groups (broad SMARTS) is 1. The molecule has 2 unspecified atom stereocenters. The van der Waals surface area contributed by atoms with E-state index in [0.29, 0.717) is 19.4 Å². The number of rotatable bonds is 4. The van der Waals surface area contributed by atoms with Gasteiger partial charge >= 0.3 is 12.0 Å². The molecule has 2 rings (SSSR count). The third-order valence-corrected chi connectivity index (χ3v) is 4.15. The predicted molar refractivity (Wildman–Crippen MR) is 71.0 cm³/mol. The summed E-state index contributed by atoms with van der Waals surface area (Å²) in [5.74, 6) is -1.10. The van der Waals surface area contributed by atoms with Crippen LogP contribution in [0.15, 0.2) is 5.38 Å². The molecule has 1 heterocycles. The van der Waals surface area contributed by atoms with Crippen molar-refractivity contribution in [3.05, 3.63) is 16.1 Å². The molecule has 19 heavy (non-hydrogen) atoms. The predicted octanol–water partition coefficient (Wildman–Crippen LogP) is 1.50. The largest absolute Gasteiger partial charge is 0.481 e. The molecule has 1 aromatic rings. The SMILES string of the molecule is Cc1csc(CNC(=O)NC2CCC(C(=O)O)C2)n1. The molecule has 1 fully saturated rings. The van der Waals surface area contributed by atoms with Crippen molar-refractivity contribution in [2.24, 2.45) is 5.92 Å². The molecular formula is C12H17N3O3S. The standard InChI is InChI=1S/C12H17N3O3S/c1-7-6-19-10(14-7)5-13-12(18)15-9-3-2-8(4-9)11(16)17/h6,8-9H,2-5H2,1H3,(H,16,17)(H2,13,15,18). The summed E-state index contributed by atoms with van der Waals surface area (Å²) in [5.41, 5.74) is 0.947. The number of aryl methyl sites for hydroxylation is 1. The molecule has 0 radical (unpaired) electrons. The molecule has 104 valence electrons. The quantitative estimate of drug-likeness (QED) is 0.781. The van der Waals surface area contributed by atoms with Crippen LogP contribution in [0.2, 0.25) is 0 Å². The maximum Gasteiger partial charge on any atom is 0.315 e. The minimum absolute atomic E-state index is 0.0425. The van der Waals surface area contributed by atoms with Crippen LogP contribution in [0.1, 0.15) is 30.0 Å². The van der Waals surface area contributed by atoms with E-state index in [2.05, 4.69) is 15.6 Å². The van der Waals surface area contributed by atoms with E-state index in [1.165, 1.54) is 11.3 Å². The lowest BCUT2D eigenvalue weighted by molar-refractivity contribution is -0.141. The van der Waals surface area contributed by atoms with Crippen LogP contribution in [0.4, 0.5) is 4.79 Å². The number of thiazole rings is 1. The number of carbonyl (C=O) groups excluding carboxylic acids is 1. The smallest absolute Gasteiger partial charge is 0.315 e. The Morgan fingerprint density at radius 1 is 1.53 bits per heavy atom. The van der Waals surface area contributed by atoms with Gasteiger partial charge in [-0.2, -0.15) is 0 Å². The van der Waals surface area contributed by atoms with Crippen LogP contribution in [0.3, 0.4) is 0 Å². The minimum Gasteiger partial charge on any atom is -0.481 e. The molecule has 6 nitrogen and oxygen atoms in total. The molecule has 2 amide bonds. The fourth-order valence-electron chi connectivity index (χ4n) is 2.21. The van der Waals surface area contributed by atoms with Crippen molar-refractivity contribution >= 4 is 23.3 Å². The maximum atomic E-state index is 11.7. The van der Waals surface area contributed by atoms with Gasteiger partial charge in [-0.1, -0.05) is 0 Å². The Kier molecular flexibility index (Phi) is 4.36. The monoisotopic (exact) mass is 283 g/mol. The Labute approximate surface area is 115 Å². The van der Waals surface area contributed by atoms with Crippen LogP contribution in [0.5, 0.6) is 0 Å². The zero-order chi connectivity index (χ0) is 13.8. The molecule has 0 bridgehead atoms.